The second-order valence-electron chi connectivity index (χ2n) is 8.37. The molecule has 9 nitrogen and oxygen atoms in total. The van der Waals surface area contributed by atoms with Gasteiger partial charge in [-0.1, -0.05) is 24.3 Å². The molecule has 35 heavy (non-hydrogen) atoms. The van der Waals surface area contributed by atoms with Gasteiger partial charge in [0, 0.05) is 24.2 Å². The standard InChI is InChI=1S/C25H25FN4O5/c1-15(31)27-13-20-14-30(25(34)35-20)19-9-10-21(22(26)11-19)17-7-5-16(6-8-17)3-2-4-18-12-28-24(33)29-23(18)32/h5-12,20H,2-4,13-14H2,1H3,(H,27,31)(H2,28,29,32,33)/t20-/m0/s1. The van der Waals surface area contributed by atoms with Crippen molar-refractivity contribution in [2.24, 2.45) is 0 Å². The van der Waals surface area contributed by atoms with Crippen molar-refractivity contribution in [2.75, 3.05) is 18.0 Å². The lowest BCUT2D eigenvalue weighted by atomic mass is 10.00. The number of H-pyrrole nitrogens is 2. The van der Waals surface area contributed by atoms with E-state index in [0.717, 1.165) is 12.0 Å². The molecule has 1 aliphatic heterocycles. The third-order valence-electron chi connectivity index (χ3n) is 5.79. The Hall–Kier alpha value is -4.21. The van der Waals surface area contributed by atoms with Crippen molar-refractivity contribution < 1.29 is 18.7 Å². The fourth-order valence-corrected chi connectivity index (χ4v) is 3.96. The van der Waals surface area contributed by atoms with E-state index in [-0.39, 0.29) is 24.6 Å². The summed E-state index contributed by atoms with van der Waals surface area (Å²) in [4.78, 5) is 52.1. The zero-order chi connectivity index (χ0) is 24.9. The van der Waals surface area contributed by atoms with E-state index < -0.39 is 23.7 Å². The van der Waals surface area contributed by atoms with Crippen LogP contribution in [0.4, 0.5) is 14.9 Å². The topological polar surface area (TPSA) is 124 Å². The first-order chi connectivity index (χ1) is 16.8. The molecule has 0 spiro atoms. The molecule has 0 saturated carbocycles. The van der Waals surface area contributed by atoms with Gasteiger partial charge in [0.25, 0.3) is 5.56 Å². The van der Waals surface area contributed by atoms with Gasteiger partial charge in [-0.05, 0) is 48.6 Å². The first-order valence-corrected chi connectivity index (χ1v) is 11.2. The highest BCUT2D eigenvalue weighted by Gasteiger charge is 2.32. The molecule has 1 saturated heterocycles. The summed E-state index contributed by atoms with van der Waals surface area (Å²) < 4.78 is 20.2. The molecule has 0 aliphatic carbocycles. The number of cyclic esters (lactones) is 1. The number of halogens is 1. The molecule has 4 rings (SSSR count). The highest BCUT2D eigenvalue weighted by molar-refractivity contribution is 5.90. The molecule has 2 aromatic carbocycles. The summed E-state index contributed by atoms with van der Waals surface area (Å²) in [5, 5.41) is 2.61. The van der Waals surface area contributed by atoms with Gasteiger partial charge in [0.05, 0.1) is 18.8 Å². The number of anilines is 1. The van der Waals surface area contributed by atoms with Gasteiger partial charge in [0.2, 0.25) is 5.91 Å². The number of hydrogen-bond acceptors (Lipinski definition) is 5. The van der Waals surface area contributed by atoms with Gasteiger partial charge < -0.3 is 15.0 Å². The molecule has 10 heteroatoms. The first kappa shape index (κ1) is 23.9. The SMILES string of the molecule is CC(=O)NC[C@H]1CN(c2ccc(-c3ccc(CCCc4c[nH]c(=O)[nH]c4=O)cc3)c(F)c2)C(=O)O1. The van der Waals surface area contributed by atoms with Crippen LogP contribution < -0.4 is 21.5 Å². The summed E-state index contributed by atoms with van der Waals surface area (Å²) in [6.45, 7) is 1.80. The maximum Gasteiger partial charge on any atom is 0.414 e. The number of aromatic amines is 2. The van der Waals surface area contributed by atoms with Crippen molar-refractivity contribution in [1.82, 2.24) is 15.3 Å². The number of aromatic nitrogens is 2. The van der Waals surface area contributed by atoms with E-state index in [1.807, 2.05) is 24.3 Å². The van der Waals surface area contributed by atoms with Crippen LogP contribution in [-0.4, -0.2) is 41.2 Å². The van der Waals surface area contributed by atoms with Crippen LogP contribution in [0.5, 0.6) is 0 Å². The third kappa shape index (κ3) is 5.84. The molecule has 0 unspecified atom stereocenters. The highest BCUT2D eigenvalue weighted by atomic mass is 19.1. The van der Waals surface area contributed by atoms with Gasteiger partial charge in [-0.25, -0.2) is 14.0 Å². The summed E-state index contributed by atoms with van der Waals surface area (Å²) >= 11 is 0. The number of aryl methyl sites for hydroxylation is 2. The molecule has 1 aliphatic rings. The predicted molar refractivity (Wildman–Crippen MR) is 128 cm³/mol. The van der Waals surface area contributed by atoms with Gasteiger partial charge in [-0.3, -0.25) is 19.5 Å². The summed E-state index contributed by atoms with van der Waals surface area (Å²) in [5.41, 5.74) is 2.14. The number of ether oxygens (including phenoxy) is 1. The zero-order valence-electron chi connectivity index (χ0n) is 19.1. The van der Waals surface area contributed by atoms with Crippen molar-refractivity contribution in [3.63, 3.8) is 0 Å². The Morgan fingerprint density at radius 3 is 2.60 bits per heavy atom. The van der Waals surface area contributed by atoms with Gasteiger partial charge >= 0.3 is 11.8 Å². The molecule has 2 heterocycles. The molecule has 3 aromatic rings. The van der Waals surface area contributed by atoms with E-state index in [1.54, 1.807) is 12.1 Å². The fourth-order valence-electron chi connectivity index (χ4n) is 3.96. The largest absolute Gasteiger partial charge is 0.442 e. The highest BCUT2D eigenvalue weighted by Crippen LogP contribution is 2.29. The normalized spacial score (nSPS) is 15.2. The smallest absolute Gasteiger partial charge is 0.414 e. The van der Waals surface area contributed by atoms with Gasteiger partial charge in [-0.15, -0.1) is 0 Å². The molecule has 182 valence electrons. The van der Waals surface area contributed by atoms with E-state index in [0.29, 0.717) is 35.2 Å². The van der Waals surface area contributed by atoms with Crippen LogP contribution in [0.2, 0.25) is 0 Å². The molecule has 2 amide bonds. The number of nitrogens with zero attached hydrogens (tertiary/aromatic N) is 1. The van der Waals surface area contributed by atoms with Gasteiger partial charge in [0.1, 0.15) is 11.9 Å². The summed E-state index contributed by atoms with van der Waals surface area (Å²) in [7, 11) is 0. The van der Waals surface area contributed by atoms with Crippen LogP contribution in [0.3, 0.4) is 0 Å². The van der Waals surface area contributed by atoms with Crippen molar-refractivity contribution in [2.45, 2.75) is 32.3 Å². The van der Waals surface area contributed by atoms with Crippen LogP contribution in [0.25, 0.3) is 11.1 Å². The minimum Gasteiger partial charge on any atom is -0.442 e. The number of carbonyl (C=O) groups excluding carboxylic acids is 2. The maximum atomic E-state index is 14.9. The van der Waals surface area contributed by atoms with Crippen LogP contribution in [0.1, 0.15) is 24.5 Å². The van der Waals surface area contributed by atoms with E-state index in [9.17, 15) is 23.6 Å². The average molecular weight is 480 g/mol. The lowest BCUT2D eigenvalue weighted by molar-refractivity contribution is -0.119. The Morgan fingerprint density at radius 1 is 1.14 bits per heavy atom. The molecule has 0 bridgehead atoms. The van der Waals surface area contributed by atoms with Crippen LogP contribution >= 0.6 is 0 Å². The minimum absolute atomic E-state index is 0.200. The van der Waals surface area contributed by atoms with Crippen LogP contribution in [0.15, 0.2) is 58.3 Å². The average Bonchev–Trinajstić information content (AvgIpc) is 3.20. The first-order valence-electron chi connectivity index (χ1n) is 11.2. The Balaban J connectivity index is 1.38. The van der Waals surface area contributed by atoms with Gasteiger partial charge in [-0.2, -0.15) is 0 Å². The van der Waals surface area contributed by atoms with Crippen molar-refractivity contribution >= 4 is 17.7 Å². The van der Waals surface area contributed by atoms with E-state index in [2.05, 4.69) is 15.3 Å². The molecule has 3 N–H and O–H groups in total. The predicted octanol–water partition coefficient (Wildman–Crippen LogP) is 2.51. The summed E-state index contributed by atoms with van der Waals surface area (Å²) in [6, 6.07) is 12.1. The number of hydrogen-bond donors (Lipinski definition) is 3. The fraction of sp³-hybridized carbons (Fsp3) is 0.280. The maximum absolute atomic E-state index is 14.9. The van der Waals surface area contributed by atoms with Crippen LogP contribution in [0, 0.1) is 5.82 Å². The van der Waals surface area contributed by atoms with Gasteiger partial charge in [0.15, 0.2) is 0 Å². The second-order valence-corrected chi connectivity index (χ2v) is 8.37. The van der Waals surface area contributed by atoms with Crippen molar-refractivity contribution in [1.29, 1.82) is 0 Å². The molecular formula is C25H25FN4O5. The van der Waals surface area contributed by atoms with Crippen molar-refractivity contribution in [3.05, 3.63) is 86.4 Å². The second kappa shape index (κ2) is 10.4. The summed E-state index contributed by atoms with van der Waals surface area (Å²) in [6.07, 6.45) is 2.31. The molecule has 1 aromatic heterocycles. The third-order valence-corrected chi connectivity index (χ3v) is 5.79. The number of carbonyl (C=O) groups is 2. The van der Waals surface area contributed by atoms with E-state index in [4.69, 9.17) is 4.74 Å². The van der Waals surface area contributed by atoms with Crippen LogP contribution in [-0.2, 0) is 22.4 Å². The van der Waals surface area contributed by atoms with E-state index >= 15 is 0 Å². The minimum atomic E-state index is -0.583. The molecule has 1 fully saturated rings. The zero-order valence-corrected chi connectivity index (χ0v) is 19.1. The Kier molecular flexibility index (Phi) is 7.09. The quantitative estimate of drug-likeness (QED) is 0.457. The van der Waals surface area contributed by atoms with Crippen molar-refractivity contribution in [3.8, 4) is 11.1 Å². The van der Waals surface area contributed by atoms with E-state index in [1.165, 1.54) is 24.1 Å². The Bertz CT molecular complexity index is 1350. The monoisotopic (exact) mass is 480 g/mol. The Labute approximate surface area is 199 Å². The lowest BCUT2D eigenvalue weighted by Crippen LogP contribution is -2.33. The number of rotatable bonds is 8. The molecule has 0 radical (unpaired) electrons. The number of benzene rings is 2. The lowest BCUT2D eigenvalue weighted by Gasteiger charge is -2.14. The summed E-state index contributed by atoms with van der Waals surface area (Å²) in [5.74, 6) is -0.685. The molecule has 1 atom stereocenters. The number of amides is 2. The Morgan fingerprint density at radius 2 is 1.91 bits per heavy atom. The molecular weight excluding hydrogens is 455 g/mol. The number of nitrogens with one attached hydrogen (secondary N) is 3.